The minimum atomic E-state index is -0.367. The van der Waals surface area contributed by atoms with Crippen molar-refractivity contribution in [3.8, 4) is 11.3 Å². The maximum atomic E-state index is 11.0. The van der Waals surface area contributed by atoms with E-state index in [1.165, 1.54) is 11.8 Å². The second-order valence-corrected chi connectivity index (χ2v) is 5.72. The number of nitrogens with two attached hydrogens (primary N) is 1. The van der Waals surface area contributed by atoms with E-state index >= 15 is 0 Å². The number of hydrogen-bond donors (Lipinski definition) is 1. The molecule has 0 spiro atoms. The first-order valence-corrected chi connectivity index (χ1v) is 6.87. The van der Waals surface area contributed by atoms with Crippen molar-refractivity contribution in [3.63, 3.8) is 0 Å². The predicted molar refractivity (Wildman–Crippen MR) is 77.0 cm³/mol. The molecule has 1 aromatic heterocycles. The molecule has 0 fully saturated rings. The Morgan fingerprint density at radius 2 is 1.89 bits per heavy atom. The van der Waals surface area contributed by atoms with Gasteiger partial charge in [0.25, 0.3) is 0 Å². The summed E-state index contributed by atoms with van der Waals surface area (Å²) >= 11 is 7.12. The number of halogens is 1. The van der Waals surface area contributed by atoms with Gasteiger partial charge in [0.15, 0.2) is 0 Å². The van der Waals surface area contributed by atoms with Crippen LogP contribution in [0, 0.1) is 0 Å². The molecule has 0 aliphatic carbocycles. The molecule has 1 heterocycles. The zero-order valence-electron chi connectivity index (χ0n) is 10.2. The lowest BCUT2D eigenvalue weighted by molar-refractivity contribution is -0.117. The summed E-state index contributed by atoms with van der Waals surface area (Å²) in [6, 6.07) is 11.0. The Morgan fingerprint density at radius 3 is 2.42 bits per heavy atom. The van der Waals surface area contributed by atoms with Crippen LogP contribution in [-0.4, -0.2) is 21.4 Å². The minimum absolute atomic E-state index is 0.323. The standard InChI is InChI=1S/C13H12ClN3OS/c1-8(13(15)18)19-12-7-6-11(16-17-12)9-2-4-10(14)5-3-9/h2-8H,1H3,(H2,15,18)/t8-/m1/s1. The summed E-state index contributed by atoms with van der Waals surface area (Å²) in [5.41, 5.74) is 6.90. The highest BCUT2D eigenvalue weighted by atomic mass is 35.5. The Kier molecular flexibility index (Phi) is 4.39. The summed E-state index contributed by atoms with van der Waals surface area (Å²) in [5.74, 6) is -0.367. The Labute approximate surface area is 120 Å². The van der Waals surface area contributed by atoms with Crippen molar-refractivity contribution in [1.82, 2.24) is 10.2 Å². The first-order chi connectivity index (χ1) is 9.06. The Morgan fingerprint density at radius 1 is 1.21 bits per heavy atom. The van der Waals surface area contributed by atoms with Gasteiger partial charge in [-0.05, 0) is 31.2 Å². The smallest absolute Gasteiger partial charge is 0.230 e. The predicted octanol–water partition coefficient (Wildman–Crippen LogP) is 2.76. The van der Waals surface area contributed by atoms with E-state index in [0.29, 0.717) is 10.0 Å². The van der Waals surface area contributed by atoms with Gasteiger partial charge >= 0.3 is 0 Å². The number of aromatic nitrogens is 2. The van der Waals surface area contributed by atoms with Crippen molar-refractivity contribution in [1.29, 1.82) is 0 Å². The van der Waals surface area contributed by atoms with Crippen molar-refractivity contribution < 1.29 is 4.79 Å². The van der Waals surface area contributed by atoms with Gasteiger partial charge in [0.1, 0.15) is 5.03 Å². The molecule has 2 N–H and O–H groups in total. The molecule has 1 aromatic carbocycles. The topological polar surface area (TPSA) is 68.9 Å². The molecule has 0 saturated heterocycles. The second kappa shape index (κ2) is 6.04. The van der Waals surface area contributed by atoms with Crippen molar-refractivity contribution in [3.05, 3.63) is 41.4 Å². The quantitative estimate of drug-likeness (QED) is 0.880. The lowest BCUT2D eigenvalue weighted by atomic mass is 10.1. The molecule has 2 aromatic rings. The molecular formula is C13H12ClN3OS. The van der Waals surface area contributed by atoms with Gasteiger partial charge in [-0.3, -0.25) is 4.79 Å². The molecule has 0 saturated carbocycles. The minimum Gasteiger partial charge on any atom is -0.369 e. The highest BCUT2D eigenvalue weighted by molar-refractivity contribution is 8.00. The fourth-order valence-electron chi connectivity index (χ4n) is 1.40. The molecule has 98 valence electrons. The number of benzene rings is 1. The average Bonchev–Trinajstić information content (AvgIpc) is 2.40. The van der Waals surface area contributed by atoms with Crippen LogP contribution in [0.4, 0.5) is 0 Å². The zero-order valence-corrected chi connectivity index (χ0v) is 11.8. The number of amides is 1. The van der Waals surface area contributed by atoms with E-state index in [1.807, 2.05) is 24.3 Å². The van der Waals surface area contributed by atoms with Crippen molar-refractivity contribution in [2.24, 2.45) is 5.73 Å². The third-order valence-electron chi connectivity index (χ3n) is 2.48. The van der Waals surface area contributed by atoms with E-state index in [1.54, 1.807) is 19.1 Å². The van der Waals surface area contributed by atoms with Crippen molar-refractivity contribution >= 4 is 29.3 Å². The van der Waals surface area contributed by atoms with Crippen LogP contribution in [0.25, 0.3) is 11.3 Å². The number of hydrogen-bond acceptors (Lipinski definition) is 4. The van der Waals surface area contributed by atoms with Gasteiger partial charge in [-0.2, -0.15) is 0 Å². The molecule has 0 unspecified atom stereocenters. The Bertz CT molecular complexity index is 571. The van der Waals surface area contributed by atoms with Crippen LogP contribution in [-0.2, 0) is 4.79 Å². The van der Waals surface area contributed by atoms with Crippen LogP contribution in [0.1, 0.15) is 6.92 Å². The van der Waals surface area contributed by atoms with Gasteiger partial charge < -0.3 is 5.73 Å². The number of primary amides is 1. The van der Waals surface area contributed by atoms with E-state index in [2.05, 4.69) is 10.2 Å². The lowest BCUT2D eigenvalue weighted by Crippen LogP contribution is -2.22. The molecule has 2 rings (SSSR count). The van der Waals surface area contributed by atoms with E-state index in [0.717, 1.165) is 11.3 Å². The molecular weight excluding hydrogens is 282 g/mol. The van der Waals surface area contributed by atoms with Gasteiger partial charge in [-0.1, -0.05) is 35.5 Å². The first kappa shape index (κ1) is 13.8. The van der Waals surface area contributed by atoms with Crippen molar-refractivity contribution in [2.45, 2.75) is 17.2 Å². The first-order valence-electron chi connectivity index (χ1n) is 5.62. The van der Waals surface area contributed by atoms with Crippen LogP contribution in [0.3, 0.4) is 0 Å². The molecule has 1 amide bonds. The monoisotopic (exact) mass is 293 g/mol. The van der Waals surface area contributed by atoms with Crippen LogP contribution < -0.4 is 5.73 Å². The summed E-state index contributed by atoms with van der Waals surface area (Å²) in [6.45, 7) is 1.74. The number of thioether (sulfide) groups is 1. The summed E-state index contributed by atoms with van der Waals surface area (Å²) in [6.07, 6.45) is 0. The summed E-state index contributed by atoms with van der Waals surface area (Å²) in [5, 5.41) is 9.22. The maximum Gasteiger partial charge on any atom is 0.230 e. The normalized spacial score (nSPS) is 12.1. The molecule has 0 radical (unpaired) electrons. The highest BCUT2D eigenvalue weighted by Gasteiger charge is 2.11. The zero-order chi connectivity index (χ0) is 13.8. The van der Waals surface area contributed by atoms with E-state index < -0.39 is 0 Å². The molecule has 0 aliphatic rings. The third kappa shape index (κ3) is 3.68. The maximum absolute atomic E-state index is 11.0. The lowest BCUT2D eigenvalue weighted by Gasteiger charge is -2.06. The average molecular weight is 294 g/mol. The van der Waals surface area contributed by atoms with E-state index in [4.69, 9.17) is 17.3 Å². The van der Waals surface area contributed by atoms with E-state index in [-0.39, 0.29) is 11.2 Å². The molecule has 1 atom stereocenters. The van der Waals surface area contributed by atoms with Crippen LogP contribution in [0.15, 0.2) is 41.4 Å². The Hall–Kier alpha value is -1.59. The SMILES string of the molecule is C[C@@H](Sc1ccc(-c2ccc(Cl)cc2)nn1)C(N)=O. The van der Waals surface area contributed by atoms with Gasteiger partial charge in [-0.25, -0.2) is 0 Å². The molecule has 4 nitrogen and oxygen atoms in total. The number of nitrogens with zero attached hydrogens (tertiary/aromatic N) is 2. The van der Waals surface area contributed by atoms with E-state index in [9.17, 15) is 4.79 Å². The number of rotatable bonds is 4. The summed E-state index contributed by atoms with van der Waals surface area (Å²) < 4.78 is 0. The van der Waals surface area contributed by atoms with Gasteiger partial charge in [0.05, 0.1) is 10.9 Å². The van der Waals surface area contributed by atoms with Gasteiger partial charge in [0.2, 0.25) is 5.91 Å². The van der Waals surface area contributed by atoms with Crippen LogP contribution in [0.2, 0.25) is 5.02 Å². The molecule has 6 heteroatoms. The second-order valence-electron chi connectivity index (χ2n) is 3.93. The molecule has 0 bridgehead atoms. The molecule has 0 aliphatic heterocycles. The largest absolute Gasteiger partial charge is 0.369 e. The fourth-order valence-corrected chi connectivity index (χ4v) is 2.24. The van der Waals surface area contributed by atoms with Gasteiger partial charge in [0, 0.05) is 10.6 Å². The van der Waals surface area contributed by atoms with Gasteiger partial charge in [-0.15, -0.1) is 10.2 Å². The number of carbonyl (C=O) groups excluding carboxylic acids is 1. The van der Waals surface area contributed by atoms with Crippen LogP contribution in [0.5, 0.6) is 0 Å². The third-order valence-corrected chi connectivity index (χ3v) is 3.78. The molecule has 19 heavy (non-hydrogen) atoms. The highest BCUT2D eigenvalue weighted by Crippen LogP contribution is 2.23. The fraction of sp³-hybridized carbons (Fsp3) is 0.154. The van der Waals surface area contributed by atoms with Crippen molar-refractivity contribution in [2.75, 3.05) is 0 Å². The summed E-state index contributed by atoms with van der Waals surface area (Å²) in [4.78, 5) is 11.0. The van der Waals surface area contributed by atoms with Crippen LogP contribution >= 0.6 is 23.4 Å². The number of carbonyl (C=O) groups is 1. The summed E-state index contributed by atoms with van der Waals surface area (Å²) in [7, 11) is 0. The Balaban J connectivity index is 2.14.